The second kappa shape index (κ2) is 7.81. The molecule has 2 rings (SSSR count). The zero-order valence-electron chi connectivity index (χ0n) is 6.42. The molecule has 0 saturated heterocycles. The predicted molar refractivity (Wildman–Crippen MR) is 51.1 cm³/mol. The summed E-state index contributed by atoms with van der Waals surface area (Å²) in [5.74, 6) is 0. The van der Waals surface area contributed by atoms with Crippen molar-refractivity contribution in [3.63, 3.8) is 0 Å². The van der Waals surface area contributed by atoms with Crippen molar-refractivity contribution < 1.29 is 4.52 Å². The SMILES string of the molecule is S.c1ccccc1.c1conn1. The Balaban J connectivity index is 0.000000189. The fraction of sp³-hybridized carbons (Fsp3) is 0. The summed E-state index contributed by atoms with van der Waals surface area (Å²) in [6, 6.07) is 12.0. The third-order valence-electron chi connectivity index (χ3n) is 0.949. The van der Waals surface area contributed by atoms with Crippen LogP contribution < -0.4 is 0 Å². The average Bonchev–Trinajstić information content (AvgIpc) is 2.64. The molecule has 64 valence electrons. The molecule has 12 heavy (non-hydrogen) atoms. The van der Waals surface area contributed by atoms with E-state index in [2.05, 4.69) is 14.9 Å². The van der Waals surface area contributed by atoms with Gasteiger partial charge in [-0.05, 0) is 0 Å². The lowest BCUT2D eigenvalue weighted by molar-refractivity contribution is 0.393. The standard InChI is InChI=1S/C6H6.C2H2N2O.H2S/c1-2-4-6-5-3-1;1-2-5-4-3-1;/h1-6H;1-2H;1H2. The minimum atomic E-state index is 0. The van der Waals surface area contributed by atoms with E-state index in [-0.39, 0.29) is 13.5 Å². The van der Waals surface area contributed by atoms with Gasteiger partial charge in [-0.3, -0.25) is 0 Å². The molecule has 0 aliphatic rings. The number of aromatic nitrogens is 2. The molecule has 0 aliphatic carbocycles. The molecule has 0 spiro atoms. The highest BCUT2D eigenvalue weighted by Gasteiger charge is 1.61. The Labute approximate surface area is 77.8 Å². The van der Waals surface area contributed by atoms with Crippen molar-refractivity contribution in [3.05, 3.63) is 48.9 Å². The van der Waals surface area contributed by atoms with Crippen molar-refractivity contribution in [3.8, 4) is 0 Å². The van der Waals surface area contributed by atoms with Crippen LogP contribution in [0.4, 0.5) is 0 Å². The monoisotopic (exact) mass is 182 g/mol. The molecule has 0 atom stereocenters. The number of hydrogen-bond acceptors (Lipinski definition) is 3. The Morgan fingerprint density at radius 2 is 1.33 bits per heavy atom. The zero-order valence-corrected chi connectivity index (χ0v) is 7.42. The van der Waals surface area contributed by atoms with E-state index in [1.807, 2.05) is 36.4 Å². The molecule has 3 nitrogen and oxygen atoms in total. The van der Waals surface area contributed by atoms with E-state index in [1.165, 1.54) is 12.5 Å². The van der Waals surface area contributed by atoms with Crippen LogP contribution in [-0.2, 0) is 0 Å². The molecule has 0 amide bonds. The Bertz CT molecular complexity index is 203. The van der Waals surface area contributed by atoms with E-state index in [9.17, 15) is 0 Å². The van der Waals surface area contributed by atoms with E-state index in [0.717, 1.165) is 0 Å². The number of benzene rings is 1. The summed E-state index contributed by atoms with van der Waals surface area (Å²) in [4.78, 5) is 0. The Morgan fingerprint density at radius 1 is 0.833 bits per heavy atom. The first kappa shape index (κ1) is 10.7. The summed E-state index contributed by atoms with van der Waals surface area (Å²) in [6.07, 6.45) is 2.88. The largest absolute Gasteiger partial charge is 0.346 e. The van der Waals surface area contributed by atoms with Gasteiger partial charge >= 0.3 is 0 Å². The van der Waals surface area contributed by atoms with Gasteiger partial charge < -0.3 is 4.52 Å². The van der Waals surface area contributed by atoms with Gasteiger partial charge in [0.15, 0.2) is 0 Å². The number of hydrogen-bond donors (Lipinski definition) is 0. The molecule has 0 N–H and O–H groups in total. The molecule has 4 heteroatoms. The van der Waals surface area contributed by atoms with Crippen molar-refractivity contribution in [2.75, 3.05) is 0 Å². The summed E-state index contributed by atoms with van der Waals surface area (Å²) in [5, 5.41) is 6.40. The Hall–Kier alpha value is -1.29. The molecule has 0 bridgehead atoms. The van der Waals surface area contributed by atoms with Gasteiger partial charge in [0.05, 0.1) is 6.20 Å². The van der Waals surface area contributed by atoms with Crippen molar-refractivity contribution >= 4 is 13.5 Å². The minimum Gasteiger partial charge on any atom is -0.346 e. The van der Waals surface area contributed by atoms with Gasteiger partial charge in [0.1, 0.15) is 6.26 Å². The van der Waals surface area contributed by atoms with Crippen molar-refractivity contribution in [2.45, 2.75) is 0 Å². The van der Waals surface area contributed by atoms with Crippen molar-refractivity contribution in [1.82, 2.24) is 10.4 Å². The molecular weight excluding hydrogens is 172 g/mol. The molecule has 1 aromatic carbocycles. The van der Waals surface area contributed by atoms with Crippen LogP contribution in [0.3, 0.4) is 0 Å². The fourth-order valence-corrected chi connectivity index (χ4v) is 0.521. The van der Waals surface area contributed by atoms with Crippen LogP contribution >= 0.6 is 13.5 Å². The van der Waals surface area contributed by atoms with Gasteiger partial charge in [0.2, 0.25) is 0 Å². The van der Waals surface area contributed by atoms with E-state index < -0.39 is 0 Å². The molecule has 0 saturated carbocycles. The van der Waals surface area contributed by atoms with E-state index in [1.54, 1.807) is 0 Å². The van der Waals surface area contributed by atoms with E-state index in [0.29, 0.717) is 0 Å². The van der Waals surface area contributed by atoms with Crippen LogP contribution in [0.5, 0.6) is 0 Å². The first-order chi connectivity index (χ1) is 5.50. The fourth-order valence-electron chi connectivity index (χ4n) is 0.521. The van der Waals surface area contributed by atoms with Crippen LogP contribution in [-0.4, -0.2) is 10.4 Å². The lowest BCUT2D eigenvalue weighted by Gasteiger charge is -1.69. The van der Waals surface area contributed by atoms with Gasteiger partial charge in [-0.25, -0.2) is 0 Å². The van der Waals surface area contributed by atoms with Crippen LogP contribution in [0, 0.1) is 0 Å². The zero-order chi connectivity index (χ0) is 7.78. The summed E-state index contributed by atoms with van der Waals surface area (Å²) in [5.41, 5.74) is 0. The smallest absolute Gasteiger partial charge is 0.144 e. The topological polar surface area (TPSA) is 38.9 Å². The van der Waals surface area contributed by atoms with Gasteiger partial charge in [-0.15, -0.1) is 5.10 Å². The molecule has 1 aromatic heterocycles. The maximum atomic E-state index is 4.22. The summed E-state index contributed by atoms with van der Waals surface area (Å²) >= 11 is 0. The summed E-state index contributed by atoms with van der Waals surface area (Å²) in [7, 11) is 0. The minimum absolute atomic E-state index is 0. The highest BCUT2D eigenvalue weighted by atomic mass is 32.1. The normalized spacial score (nSPS) is 7.33. The molecule has 2 aromatic rings. The third kappa shape index (κ3) is 5.49. The highest BCUT2D eigenvalue weighted by molar-refractivity contribution is 7.59. The maximum Gasteiger partial charge on any atom is 0.144 e. The second-order valence-corrected chi connectivity index (χ2v) is 1.74. The Morgan fingerprint density at radius 3 is 1.50 bits per heavy atom. The predicted octanol–water partition coefficient (Wildman–Crippen LogP) is 1.87. The lowest BCUT2D eigenvalue weighted by atomic mass is 10.4. The van der Waals surface area contributed by atoms with E-state index in [4.69, 9.17) is 0 Å². The molecule has 1 heterocycles. The van der Waals surface area contributed by atoms with Crippen LogP contribution in [0.1, 0.15) is 0 Å². The molecule has 0 fully saturated rings. The van der Waals surface area contributed by atoms with Gasteiger partial charge in [0.25, 0.3) is 0 Å². The number of rotatable bonds is 0. The summed E-state index contributed by atoms with van der Waals surface area (Å²) in [6.45, 7) is 0. The molecule has 0 aliphatic heterocycles. The second-order valence-electron chi connectivity index (χ2n) is 1.74. The highest BCUT2D eigenvalue weighted by Crippen LogP contribution is 1.79. The van der Waals surface area contributed by atoms with E-state index >= 15 is 0 Å². The quantitative estimate of drug-likeness (QED) is 0.624. The van der Waals surface area contributed by atoms with Gasteiger partial charge in [-0.2, -0.15) is 13.5 Å². The van der Waals surface area contributed by atoms with Crippen LogP contribution in [0.25, 0.3) is 0 Å². The first-order valence-electron chi connectivity index (χ1n) is 3.21. The van der Waals surface area contributed by atoms with Crippen molar-refractivity contribution in [2.24, 2.45) is 0 Å². The Kier molecular flexibility index (Phi) is 6.97. The van der Waals surface area contributed by atoms with Crippen LogP contribution in [0.15, 0.2) is 53.4 Å². The van der Waals surface area contributed by atoms with Crippen molar-refractivity contribution in [1.29, 1.82) is 0 Å². The van der Waals surface area contributed by atoms with Crippen LogP contribution in [0.2, 0.25) is 0 Å². The molecular formula is C8H10N2OS. The van der Waals surface area contributed by atoms with Gasteiger partial charge in [0, 0.05) is 5.27 Å². The molecule has 0 radical (unpaired) electrons. The summed E-state index contributed by atoms with van der Waals surface area (Å²) < 4.78 is 4.22. The number of nitrogens with zero attached hydrogens (tertiary/aromatic N) is 2. The maximum absolute atomic E-state index is 4.22. The molecule has 0 unspecified atom stereocenters. The lowest BCUT2D eigenvalue weighted by Crippen LogP contribution is -1.53. The first-order valence-corrected chi connectivity index (χ1v) is 3.21. The average molecular weight is 182 g/mol. The third-order valence-corrected chi connectivity index (χ3v) is 0.949. The van der Waals surface area contributed by atoms with Gasteiger partial charge in [-0.1, -0.05) is 36.4 Å².